The maximum Gasteiger partial charge on any atom is 0.140 e. The number of rotatable bonds is 3. The molecule has 0 aliphatic rings. The number of ether oxygens (including phenoxy) is 1. The highest BCUT2D eigenvalue weighted by atomic mass is 32.1. The number of nitrogens with two attached hydrogens (primary N) is 1. The topological polar surface area (TPSA) is 35.2 Å². The largest absolute Gasteiger partial charge is 0.457 e. The molecule has 2 aromatic rings. The SMILES string of the molecule is NC(=S)c1c(F)cccc1Oc1ccccc1. The van der Waals surface area contributed by atoms with E-state index in [1.807, 2.05) is 18.2 Å². The second-order valence-electron chi connectivity index (χ2n) is 3.39. The van der Waals surface area contributed by atoms with Crippen molar-refractivity contribution in [3.8, 4) is 11.5 Å². The van der Waals surface area contributed by atoms with Crippen molar-refractivity contribution in [1.82, 2.24) is 0 Å². The predicted molar refractivity (Wildman–Crippen MR) is 68.8 cm³/mol. The van der Waals surface area contributed by atoms with E-state index in [1.54, 1.807) is 24.3 Å². The maximum atomic E-state index is 13.6. The van der Waals surface area contributed by atoms with E-state index in [2.05, 4.69) is 0 Å². The van der Waals surface area contributed by atoms with Crippen LogP contribution in [0.3, 0.4) is 0 Å². The maximum absolute atomic E-state index is 13.6. The van der Waals surface area contributed by atoms with Gasteiger partial charge in [-0.05, 0) is 24.3 Å². The van der Waals surface area contributed by atoms with Gasteiger partial charge in [-0.1, -0.05) is 36.5 Å². The fourth-order valence-corrected chi connectivity index (χ4v) is 1.64. The average molecular weight is 247 g/mol. The van der Waals surface area contributed by atoms with E-state index in [4.69, 9.17) is 22.7 Å². The summed E-state index contributed by atoms with van der Waals surface area (Å²) in [5.74, 6) is 0.449. The van der Waals surface area contributed by atoms with Gasteiger partial charge in [-0.3, -0.25) is 0 Å². The van der Waals surface area contributed by atoms with Crippen molar-refractivity contribution in [3.05, 3.63) is 59.9 Å². The minimum atomic E-state index is -0.481. The molecule has 2 aromatic carbocycles. The molecule has 0 aliphatic carbocycles. The van der Waals surface area contributed by atoms with E-state index in [-0.39, 0.29) is 10.6 Å². The van der Waals surface area contributed by atoms with E-state index in [0.717, 1.165) is 0 Å². The molecule has 2 nitrogen and oxygen atoms in total. The fourth-order valence-electron chi connectivity index (χ4n) is 1.44. The standard InChI is InChI=1S/C13H10FNOS/c14-10-7-4-8-11(12(10)13(15)17)16-9-5-2-1-3-6-9/h1-8H,(H2,15,17). The first kappa shape index (κ1) is 11.5. The first-order valence-electron chi connectivity index (χ1n) is 4.99. The molecule has 0 radical (unpaired) electrons. The Kier molecular flexibility index (Phi) is 3.35. The molecule has 0 aromatic heterocycles. The number of thiocarbonyl (C=S) groups is 1. The molecule has 2 rings (SSSR count). The van der Waals surface area contributed by atoms with Crippen LogP contribution < -0.4 is 10.5 Å². The average Bonchev–Trinajstić information content (AvgIpc) is 2.30. The van der Waals surface area contributed by atoms with Crippen LogP contribution in [-0.2, 0) is 0 Å². The van der Waals surface area contributed by atoms with Gasteiger partial charge in [-0.25, -0.2) is 4.39 Å². The quantitative estimate of drug-likeness (QED) is 0.845. The molecule has 0 amide bonds. The van der Waals surface area contributed by atoms with E-state index in [0.29, 0.717) is 11.5 Å². The van der Waals surface area contributed by atoms with Crippen LogP contribution in [0.2, 0.25) is 0 Å². The zero-order valence-electron chi connectivity index (χ0n) is 8.89. The van der Waals surface area contributed by atoms with Crippen molar-refractivity contribution >= 4 is 17.2 Å². The van der Waals surface area contributed by atoms with Gasteiger partial charge in [0.1, 0.15) is 22.3 Å². The van der Waals surface area contributed by atoms with Gasteiger partial charge in [-0.2, -0.15) is 0 Å². The third-order valence-electron chi connectivity index (χ3n) is 2.19. The Morgan fingerprint density at radius 1 is 1.06 bits per heavy atom. The smallest absolute Gasteiger partial charge is 0.140 e. The number of hydrogen-bond acceptors (Lipinski definition) is 2. The van der Waals surface area contributed by atoms with Crippen molar-refractivity contribution in [2.75, 3.05) is 0 Å². The van der Waals surface area contributed by atoms with Gasteiger partial charge < -0.3 is 10.5 Å². The molecule has 0 saturated carbocycles. The lowest BCUT2D eigenvalue weighted by Crippen LogP contribution is -2.13. The molecule has 0 atom stereocenters. The van der Waals surface area contributed by atoms with Gasteiger partial charge in [0.05, 0.1) is 5.56 Å². The van der Waals surface area contributed by atoms with Crippen LogP contribution in [0.15, 0.2) is 48.5 Å². The van der Waals surface area contributed by atoms with Gasteiger partial charge in [0.15, 0.2) is 0 Å². The Hall–Kier alpha value is -1.94. The van der Waals surface area contributed by atoms with Crippen LogP contribution >= 0.6 is 12.2 Å². The van der Waals surface area contributed by atoms with E-state index in [9.17, 15) is 4.39 Å². The molecule has 0 fully saturated rings. The van der Waals surface area contributed by atoms with Crippen molar-refractivity contribution < 1.29 is 9.13 Å². The van der Waals surface area contributed by atoms with E-state index < -0.39 is 5.82 Å². The highest BCUT2D eigenvalue weighted by Gasteiger charge is 2.12. The van der Waals surface area contributed by atoms with Crippen LogP contribution in [0.25, 0.3) is 0 Å². The minimum absolute atomic E-state index is 0.0194. The minimum Gasteiger partial charge on any atom is -0.457 e. The molecule has 0 spiro atoms. The molecule has 0 bridgehead atoms. The first-order chi connectivity index (χ1) is 8.18. The van der Waals surface area contributed by atoms with Crippen molar-refractivity contribution in [3.63, 3.8) is 0 Å². The summed E-state index contributed by atoms with van der Waals surface area (Å²) in [6.07, 6.45) is 0. The van der Waals surface area contributed by atoms with Crippen LogP contribution in [0.4, 0.5) is 4.39 Å². The second kappa shape index (κ2) is 4.93. The van der Waals surface area contributed by atoms with Gasteiger partial charge in [0.2, 0.25) is 0 Å². The summed E-state index contributed by atoms with van der Waals surface area (Å²) in [5, 5.41) is 0. The molecule has 2 N–H and O–H groups in total. The lowest BCUT2D eigenvalue weighted by atomic mass is 10.2. The lowest BCUT2D eigenvalue weighted by molar-refractivity contribution is 0.475. The Balaban J connectivity index is 2.40. The number of halogens is 1. The second-order valence-corrected chi connectivity index (χ2v) is 3.83. The summed E-state index contributed by atoms with van der Waals surface area (Å²) >= 11 is 4.81. The van der Waals surface area contributed by atoms with Crippen LogP contribution in [0, 0.1) is 5.82 Å². The predicted octanol–water partition coefficient (Wildman–Crippen LogP) is 3.25. The van der Waals surface area contributed by atoms with Gasteiger partial charge in [0, 0.05) is 0 Å². The molecule has 0 unspecified atom stereocenters. The lowest BCUT2D eigenvalue weighted by Gasteiger charge is -2.10. The highest BCUT2D eigenvalue weighted by Crippen LogP contribution is 2.26. The van der Waals surface area contributed by atoms with E-state index in [1.165, 1.54) is 6.07 Å². The number of benzene rings is 2. The monoisotopic (exact) mass is 247 g/mol. The molecule has 17 heavy (non-hydrogen) atoms. The Bertz CT molecular complexity index is 542. The van der Waals surface area contributed by atoms with Gasteiger partial charge in [-0.15, -0.1) is 0 Å². The molecule has 0 saturated heterocycles. The summed E-state index contributed by atoms with van der Waals surface area (Å²) in [6, 6.07) is 13.5. The van der Waals surface area contributed by atoms with Crippen molar-refractivity contribution in [2.45, 2.75) is 0 Å². The molecular formula is C13H10FNOS. The Morgan fingerprint density at radius 2 is 1.76 bits per heavy atom. The third-order valence-corrected chi connectivity index (χ3v) is 2.40. The molecule has 4 heteroatoms. The van der Waals surface area contributed by atoms with Gasteiger partial charge in [0.25, 0.3) is 0 Å². The molecule has 0 heterocycles. The van der Waals surface area contributed by atoms with E-state index >= 15 is 0 Å². The van der Waals surface area contributed by atoms with Crippen molar-refractivity contribution in [2.24, 2.45) is 5.73 Å². The summed E-state index contributed by atoms with van der Waals surface area (Å²) < 4.78 is 19.1. The third kappa shape index (κ3) is 2.60. The number of para-hydroxylation sites is 1. The summed E-state index contributed by atoms with van der Waals surface area (Å²) in [4.78, 5) is -0.0194. The zero-order valence-corrected chi connectivity index (χ0v) is 9.71. The van der Waals surface area contributed by atoms with Crippen LogP contribution in [-0.4, -0.2) is 4.99 Å². The molecular weight excluding hydrogens is 237 g/mol. The first-order valence-corrected chi connectivity index (χ1v) is 5.40. The summed E-state index contributed by atoms with van der Waals surface area (Å²) in [6.45, 7) is 0. The zero-order chi connectivity index (χ0) is 12.3. The summed E-state index contributed by atoms with van der Waals surface area (Å²) in [5.41, 5.74) is 5.61. The molecule has 0 aliphatic heterocycles. The van der Waals surface area contributed by atoms with Crippen LogP contribution in [0.1, 0.15) is 5.56 Å². The number of hydrogen-bond donors (Lipinski definition) is 1. The Labute approximate surface area is 104 Å². The normalized spacial score (nSPS) is 9.94. The van der Waals surface area contributed by atoms with Crippen LogP contribution in [0.5, 0.6) is 11.5 Å². The van der Waals surface area contributed by atoms with Gasteiger partial charge >= 0.3 is 0 Å². The van der Waals surface area contributed by atoms with Crippen molar-refractivity contribution in [1.29, 1.82) is 0 Å². The fraction of sp³-hybridized carbons (Fsp3) is 0. The Morgan fingerprint density at radius 3 is 2.41 bits per heavy atom. The molecule has 86 valence electrons. The summed E-state index contributed by atoms with van der Waals surface area (Å²) in [7, 11) is 0. The highest BCUT2D eigenvalue weighted by molar-refractivity contribution is 7.80.